The molecule has 0 radical (unpaired) electrons. The SMILES string of the molecule is COCC(=O)N1CC[C@H]2CN(c3ccc(C#N)c(C(F)(F)F)c3)C[C@@]2(CO)C1. The van der Waals surface area contributed by atoms with Crippen LogP contribution < -0.4 is 4.90 Å². The van der Waals surface area contributed by atoms with Crippen LogP contribution in [-0.2, 0) is 15.7 Å². The third-order valence-electron chi connectivity index (χ3n) is 5.80. The molecule has 28 heavy (non-hydrogen) atoms. The summed E-state index contributed by atoms with van der Waals surface area (Å²) >= 11 is 0. The average molecular weight is 397 g/mol. The predicted molar refractivity (Wildman–Crippen MR) is 94.5 cm³/mol. The number of likely N-dealkylation sites (tertiary alicyclic amines) is 1. The van der Waals surface area contributed by atoms with Crippen molar-refractivity contribution in [1.82, 2.24) is 4.90 Å². The molecule has 6 nitrogen and oxygen atoms in total. The highest BCUT2D eigenvalue weighted by atomic mass is 19.4. The summed E-state index contributed by atoms with van der Waals surface area (Å²) in [5.74, 6) is -0.0981. The topological polar surface area (TPSA) is 76.8 Å². The van der Waals surface area contributed by atoms with Crippen molar-refractivity contribution in [3.8, 4) is 6.07 Å². The maximum absolute atomic E-state index is 13.3. The number of aliphatic hydroxyl groups is 1. The molecule has 152 valence electrons. The molecule has 1 N–H and O–H groups in total. The molecular weight excluding hydrogens is 375 g/mol. The lowest BCUT2D eigenvalue weighted by molar-refractivity contribution is -0.140. The zero-order valence-electron chi connectivity index (χ0n) is 15.5. The van der Waals surface area contributed by atoms with Gasteiger partial charge < -0.3 is 19.6 Å². The lowest BCUT2D eigenvalue weighted by Crippen LogP contribution is -2.53. The van der Waals surface area contributed by atoms with E-state index in [2.05, 4.69) is 0 Å². The number of alkyl halides is 3. The fraction of sp³-hybridized carbons (Fsp3) is 0.579. The highest BCUT2D eigenvalue weighted by Gasteiger charge is 2.50. The fourth-order valence-electron chi connectivity index (χ4n) is 4.30. The van der Waals surface area contributed by atoms with Crippen LogP contribution in [-0.4, -0.2) is 62.4 Å². The molecule has 9 heteroatoms. The molecule has 2 saturated heterocycles. The third kappa shape index (κ3) is 3.66. The van der Waals surface area contributed by atoms with Gasteiger partial charge in [0.15, 0.2) is 0 Å². The lowest BCUT2D eigenvalue weighted by Gasteiger charge is -2.42. The van der Waals surface area contributed by atoms with E-state index in [1.807, 2.05) is 4.90 Å². The van der Waals surface area contributed by atoms with Crippen LogP contribution in [0, 0.1) is 22.7 Å². The van der Waals surface area contributed by atoms with Gasteiger partial charge in [0, 0.05) is 44.4 Å². The Morgan fingerprint density at radius 1 is 1.43 bits per heavy atom. The van der Waals surface area contributed by atoms with E-state index < -0.39 is 22.7 Å². The molecule has 2 aliphatic heterocycles. The number of rotatable bonds is 4. The number of nitriles is 1. The minimum absolute atomic E-state index is 0.0412. The summed E-state index contributed by atoms with van der Waals surface area (Å²) in [6.07, 6.45) is -3.96. The van der Waals surface area contributed by atoms with Crippen LogP contribution in [0.5, 0.6) is 0 Å². The molecule has 0 aromatic heterocycles. The Hall–Kier alpha value is -2.31. The highest BCUT2D eigenvalue weighted by Crippen LogP contribution is 2.44. The van der Waals surface area contributed by atoms with Crippen molar-refractivity contribution in [2.75, 3.05) is 51.4 Å². The number of aliphatic hydroxyl groups excluding tert-OH is 1. The van der Waals surface area contributed by atoms with E-state index in [1.165, 1.54) is 19.2 Å². The van der Waals surface area contributed by atoms with Crippen molar-refractivity contribution in [2.24, 2.45) is 11.3 Å². The van der Waals surface area contributed by atoms with Crippen LogP contribution in [0.15, 0.2) is 18.2 Å². The van der Waals surface area contributed by atoms with Gasteiger partial charge in [-0.2, -0.15) is 18.4 Å². The van der Waals surface area contributed by atoms with E-state index in [9.17, 15) is 23.1 Å². The first-order chi connectivity index (χ1) is 13.2. The molecule has 1 aromatic rings. The monoisotopic (exact) mass is 397 g/mol. The van der Waals surface area contributed by atoms with Gasteiger partial charge in [0.1, 0.15) is 6.61 Å². The number of hydrogen-bond acceptors (Lipinski definition) is 5. The van der Waals surface area contributed by atoms with Gasteiger partial charge in [-0.1, -0.05) is 0 Å². The molecule has 0 unspecified atom stereocenters. The van der Waals surface area contributed by atoms with E-state index in [0.717, 1.165) is 6.07 Å². The van der Waals surface area contributed by atoms with Crippen molar-refractivity contribution >= 4 is 11.6 Å². The number of hydrogen-bond donors (Lipinski definition) is 1. The first-order valence-electron chi connectivity index (χ1n) is 8.98. The number of methoxy groups -OCH3 is 1. The molecule has 2 atom stereocenters. The number of nitrogens with zero attached hydrogens (tertiary/aromatic N) is 3. The summed E-state index contributed by atoms with van der Waals surface area (Å²) in [6.45, 7) is 1.51. The number of amides is 1. The normalized spacial score (nSPS) is 24.8. The molecule has 0 aliphatic carbocycles. The van der Waals surface area contributed by atoms with Gasteiger partial charge in [-0.05, 0) is 30.5 Å². The first kappa shape index (κ1) is 20.4. The van der Waals surface area contributed by atoms with Gasteiger partial charge in [-0.15, -0.1) is 0 Å². The van der Waals surface area contributed by atoms with Crippen LogP contribution in [0.3, 0.4) is 0 Å². The number of halogens is 3. The van der Waals surface area contributed by atoms with Crippen LogP contribution in [0.4, 0.5) is 18.9 Å². The van der Waals surface area contributed by atoms with Crippen molar-refractivity contribution in [3.63, 3.8) is 0 Å². The summed E-state index contributed by atoms with van der Waals surface area (Å²) in [4.78, 5) is 15.6. The van der Waals surface area contributed by atoms with E-state index in [0.29, 0.717) is 38.3 Å². The van der Waals surface area contributed by atoms with E-state index >= 15 is 0 Å². The summed E-state index contributed by atoms with van der Waals surface area (Å²) in [5, 5.41) is 19.1. The number of benzene rings is 1. The Morgan fingerprint density at radius 3 is 2.79 bits per heavy atom. The van der Waals surface area contributed by atoms with Crippen molar-refractivity contribution < 1.29 is 27.8 Å². The summed E-state index contributed by atoms with van der Waals surface area (Å²) in [7, 11) is 1.44. The van der Waals surface area contributed by atoms with Gasteiger partial charge in [0.25, 0.3) is 0 Å². The third-order valence-corrected chi connectivity index (χ3v) is 5.80. The largest absolute Gasteiger partial charge is 0.417 e. The second-order valence-electron chi connectivity index (χ2n) is 7.47. The number of carbonyl (C=O) groups is 1. The standard InChI is InChI=1S/C19H22F3N3O3/c1-28-9-17(27)24-5-4-14-8-25(11-18(14,10-24)12-26)15-3-2-13(7-23)16(6-15)19(20,21)22/h2-3,6,14,26H,4-5,8-12H2,1H3/t14-,18+/m0/s1. The summed E-state index contributed by atoms with van der Waals surface area (Å²) in [6, 6.07) is 5.26. The molecule has 3 rings (SSSR count). The Morgan fingerprint density at radius 2 is 2.18 bits per heavy atom. The average Bonchev–Trinajstić information content (AvgIpc) is 3.06. The molecule has 1 amide bonds. The van der Waals surface area contributed by atoms with Crippen molar-refractivity contribution in [2.45, 2.75) is 12.6 Å². The molecule has 2 fully saturated rings. The predicted octanol–water partition coefficient (Wildman–Crippen LogP) is 1.87. The van der Waals surface area contributed by atoms with Crippen molar-refractivity contribution in [1.29, 1.82) is 5.26 Å². The van der Waals surface area contributed by atoms with Gasteiger partial charge in [-0.25, -0.2) is 0 Å². The van der Waals surface area contributed by atoms with Gasteiger partial charge >= 0.3 is 6.18 Å². The molecular formula is C19H22F3N3O3. The highest BCUT2D eigenvalue weighted by molar-refractivity contribution is 5.77. The van der Waals surface area contributed by atoms with Gasteiger partial charge in [0.2, 0.25) is 5.91 Å². The Kier molecular flexibility index (Phi) is 5.55. The first-order valence-corrected chi connectivity index (χ1v) is 8.98. The smallest absolute Gasteiger partial charge is 0.396 e. The molecule has 0 spiro atoms. The zero-order valence-corrected chi connectivity index (χ0v) is 15.5. The van der Waals surface area contributed by atoms with Crippen LogP contribution in [0.25, 0.3) is 0 Å². The fourth-order valence-corrected chi connectivity index (χ4v) is 4.30. The van der Waals surface area contributed by atoms with Gasteiger partial charge in [0.05, 0.1) is 23.8 Å². The number of ether oxygens (including phenoxy) is 1. The molecule has 2 aliphatic rings. The molecule has 0 saturated carbocycles. The maximum Gasteiger partial charge on any atom is 0.417 e. The molecule has 2 heterocycles. The van der Waals surface area contributed by atoms with E-state index in [1.54, 1.807) is 11.0 Å². The molecule has 0 bridgehead atoms. The van der Waals surface area contributed by atoms with Crippen molar-refractivity contribution in [3.05, 3.63) is 29.3 Å². The Bertz CT molecular complexity index is 793. The molecule has 1 aromatic carbocycles. The lowest BCUT2D eigenvalue weighted by atomic mass is 9.74. The minimum Gasteiger partial charge on any atom is -0.396 e. The Balaban J connectivity index is 1.86. The van der Waals surface area contributed by atoms with Crippen LogP contribution >= 0.6 is 0 Å². The maximum atomic E-state index is 13.3. The minimum atomic E-state index is -4.62. The number of piperidine rings is 1. The number of fused-ring (bicyclic) bond motifs is 1. The van der Waals surface area contributed by atoms with Gasteiger partial charge in [-0.3, -0.25) is 4.79 Å². The van der Waals surface area contributed by atoms with Crippen LogP contribution in [0.1, 0.15) is 17.5 Å². The number of carbonyl (C=O) groups excluding carboxylic acids is 1. The van der Waals surface area contributed by atoms with Crippen LogP contribution in [0.2, 0.25) is 0 Å². The summed E-state index contributed by atoms with van der Waals surface area (Å²) < 4.78 is 44.8. The number of anilines is 1. The second kappa shape index (κ2) is 7.60. The second-order valence-corrected chi connectivity index (χ2v) is 7.47. The summed E-state index contributed by atoms with van der Waals surface area (Å²) in [5.41, 5.74) is -1.60. The Labute approximate surface area is 161 Å². The van der Waals surface area contributed by atoms with E-state index in [-0.39, 0.29) is 25.0 Å². The zero-order chi connectivity index (χ0) is 20.5. The van der Waals surface area contributed by atoms with E-state index in [4.69, 9.17) is 10.00 Å². The quantitative estimate of drug-likeness (QED) is 0.840.